The summed E-state index contributed by atoms with van der Waals surface area (Å²) in [5.74, 6) is 0.347. The number of benzene rings is 1. The van der Waals surface area contributed by atoms with Crippen molar-refractivity contribution in [3.8, 4) is 5.75 Å². The van der Waals surface area contributed by atoms with Crippen molar-refractivity contribution in [2.75, 3.05) is 30.8 Å². The Labute approximate surface area is 136 Å². The van der Waals surface area contributed by atoms with Crippen molar-refractivity contribution < 1.29 is 22.7 Å². The maximum atomic E-state index is 12.0. The highest BCUT2D eigenvalue weighted by Crippen LogP contribution is 2.34. The smallest absolute Gasteiger partial charge is 0.306 e. The maximum absolute atomic E-state index is 12.0. The lowest BCUT2D eigenvalue weighted by Crippen LogP contribution is -2.32. The van der Waals surface area contributed by atoms with Gasteiger partial charge in [0, 0.05) is 12.0 Å². The van der Waals surface area contributed by atoms with Crippen LogP contribution in [0.3, 0.4) is 0 Å². The van der Waals surface area contributed by atoms with E-state index in [0.29, 0.717) is 31.0 Å². The molecule has 0 atom stereocenters. The summed E-state index contributed by atoms with van der Waals surface area (Å²) in [4.78, 5) is 11.5. The number of anilines is 1. The van der Waals surface area contributed by atoms with E-state index >= 15 is 0 Å². The van der Waals surface area contributed by atoms with Crippen LogP contribution in [0.5, 0.6) is 5.75 Å². The molecule has 1 heterocycles. The Balaban J connectivity index is 2.36. The van der Waals surface area contributed by atoms with Gasteiger partial charge in [-0.15, -0.1) is 0 Å². The fourth-order valence-corrected chi connectivity index (χ4v) is 3.39. The summed E-state index contributed by atoms with van der Waals surface area (Å²) in [7, 11) is -1.81. The minimum absolute atomic E-state index is 0.220. The Bertz CT molecular complexity index is 724. The summed E-state index contributed by atoms with van der Waals surface area (Å²) >= 11 is 0. The van der Waals surface area contributed by atoms with E-state index in [-0.39, 0.29) is 12.4 Å². The zero-order chi connectivity index (χ0) is 17.0. The van der Waals surface area contributed by atoms with E-state index in [2.05, 4.69) is 0 Å². The molecule has 0 unspecified atom stereocenters. The van der Waals surface area contributed by atoms with Gasteiger partial charge in [-0.05, 0) is 31.0 Å². The first-order valence-corrected chi connectivity index (χ1v) is 9.22. The van der Waals surface area contributed by atoms with Gasteiger partial charge in [0.05, 0.1) is 32.2 Å². The van der Waals surface area contributed by atoms with Crippen LogP contribution in [0.25, 0.3) is 6.08 Å². The second kappa shape index (κ2) is 7.04. The number of carbonyl (C=O) groups is 1. The van der Waals surface area contributed by atoms with Gasteiger partial charge in [-0.25, -0.2) is 8.42 Å². The van der Waals surface area contributed by atoms with Gasteiger partial charge < -0.3 is 9.47 Å². The molecular formula is C16H21NO5S. The van der Waals surface area contributed by atoms with Gasteiger partial charge in [0.15, 0.2) is 0 Å². The Morgan fingerprint density at radius 3 is 2.70 bits per heavy atom. The van der Waals surface area contributed by atoms with Crippen molar-refractivity contribution >= 4 is 27.8 Å². The SMILES string of the molecule is CCOC(=O)CCc1cc2c(cc1OC)C=CCN2S(C)(=O)=O. The molecular weight excluding hydrogens is 318 g/mol. The number of fused-ring (bicyclic) bond motifs is 1. The van der Waals surface area contributed by atoms with Gasteiger partial charge in [0.1, 0.15) is 5.75 Å². The molecule has 1 aliphatic heterocycles. The molecule has 0 aliphatic carbocycles. The van der Waals surface area contributed by atoms with Crippen LogP contribution in [0, 0.1) is 0 Å². The fraction of sp³-hybridized carbons (Fsp3) is 0.438. The minimum atomic E-state index is -3.37. The number of methoxy groups -OCH3 is 1. The predicted octanol–water partition coefficient (Wildman–Crippen LogP) is 1.98. The molecule has 1 aromatic rings. The Hall–Kier alpha value is -2.02. The molecule has 0 N–H and O–H groups in total. The van der Waals surface area contributed by atoms with Crippen molar-refractivity contribution in [1.82, 2.24) is 0 Å². The predicted molar refractivity (Wildman–Crippen MR) is 89.2 cm³/mol. The molecule has 126 valence electrons. The molecule has 0 amide bonds. The summed E-state index contributed by atoms with van der Waals surface area (Å²) < 4.78 is 35.5. The van der Waals surface area contributed by atoms with Crippen molar-refractivity contribution in [2.45, 2.75) is 19.8 Å². The van der Waals surface area contributed by atoms with E-state index in [4.69, 9.17) is 9.47 Å². The molecule has 0 bridgehead atoms. The van der Waals surface area contributed by atoms with Crippen LogP contribution in [-0.2, 0) is 26.0 Å². The molecule has 23 heavy (non-hydrogen) atoms. The highest BCUT2D eigenvalue weighted by atomic mass is 32.2. The number of carbonyl (C=O) groups excluding carboxylic acids is 1. The largest absolute Gasteiger partial charge is 0.496 e. The topological polar surface area (TPSA) is 72.9 Å². The molecule has 0 aromatic heterocycles. The number of ether oxygens (including phenoxy) is 2. The zero-order valence-corrected chi connectivity index (χ0v) is 14.4. The monoisotopic (exact) mass is 339 g/mol. The van der Waals surface area contributed by atoms with Crippen LogP contribution in [0.4, 0.5) is 5.69 Å². The van der Waals surface area contributed by atoms with Crippen LogP contribution < -0.4 is 9.04 Å². The Kier molecular flexibility index (Phi) is 5.30. The number of sulfonamides is 1. The number of hydrogen-bond donors (Lipinski definition) is 0. The lowest BCUT2D eigenvalue weighted by Gasteiger charge is -2.27. The van der Waals surface area contributed by atoms with Crippen molar-refractivity contribution in [2.24, 2.45) is 0 Å². The van der Waals surface area contributed by atoms with Crippen LogP contribution in [0.15, 0.2) is 18.2 Å². The summed E-state index contributed by atoms with van der Waals surface area (Å²) in [5, 5.41) is 0. The molecule has 2 rings (SSSR count). The molecule has 1 aliphatic rings. The molecule has 0 saturated heterocycles. The maximum Gasteiger partial charge on any atom is 0.306 e. The second-order valence-corrected chi connectivity index (χ2v) is 7.13. The minimum Gasteiger partial charge on any atom is -0.496 e. The summed E-state index contributed by atoms with van der Waals surface area (Å²) in [6, 6.07) is 3.57. The van der Waals surface area contributed by atoms with Gasteiger partial charge in [-0.2, -0.15) is 0 Å². The van der Waals surface area contributed by atoms with E-state index < -0.39 is 10.0 Å². The molecule has 6 nitrogen and oxygen atoms in total. The summed E-state index contributed by atoms with van der Waals surface area (Å²) in [6.45, 7) is 2.40. The zero-order valence-electron chi connectivity index (χ0n) is 13.5. The molecule has 0 saturated carbocycles. The third kappa shape index (κ3) is 4.04. The van der Waals surface area contributed by atoms with Crippen molar-refractivity contribution in [3.63, 3.8) is 0 Å². The fourth-order valence-electron chi connectivity index (χ4n) is 2.52. The van der Waals surface area contributed by atoms with Crippen LogP contribution in [0.2, 0.25) is 0 Å². The lowest BCUT2D eigenvalue weighted by molar-refractivity contribution is -0.143. The molecule has 1 aromatic carbocycles. The third-order valence-corrected chi connectivity index (χ3v) is 4.72. The van der Waals surface area contributed by atoms with Gasteiger partial charge >= 0.3 is 5.97 Å². The average molecular weight is 339 g/mol. The first-order chi connectivity index (χ1) is 10.9. The van der Waals surface area contributed by atoms with Gasteiger partial charge in [-0.1, -0.05) is 12.2 Å². The Morgan fingerprint density at radius 2 is 2.09 bits per heavy atom. The standard InChI is InChI=1S/C16H21NO5S/c1-4-22-16(18)8-7-13-10-14-12(11-15(13)21-2)6-5-9-17(14)23(3,19)20/h5-6,10-11H,4,7-9H2,1-3H3. The molecule has 0 radical (unpaired) electrons. The van der Waals surface area contributed by atoms with Gasteiger partial charge in [0.2, 0.25) is 10.0 Å². The lowest BCUT2D eigenvalue weighted by atomic mass is 10.0. The van der Waals surface area contributed by atoms with Crippen molar-refractivity contribution in [1.29, 1.82) is 0 Å². The Morgan fingerprint density at radius 1 is 1.35 bits per heavy atom. The van der Waals surface area contributed by atoms with Crippen LogP contribution in [-0.4, -0.2) is 40.9 Å². The van der Waals surface area contributed by atoms with Gasteiger partial charge in [-0.3, -0.25) is 9.10 Å². The highest BCUT2D eigenvalue weighted by Gasteiger charge is 2.23. The number of rotatable bonds is 6. The summed E-state index contributed by atoms with van der Waals surface area (Å²) in [6.07, 6.45) is 5.49. The van der Waals surface area contributed by atoms with E-state index in [1.807, 2.05) is 6.08 Å². The normalized spacial score (nSPS) is 13.6. The number of nitrogens with zero attached hydrogens (tertiary/aromatic N) is 1. The quantitative estimate of drug-likeness (QED) is 0.741. The summed E-state index contributed by atoms with van der Waals surface area (Å²) in [5.41, 5.74) is 2.16. The van der Waals surface area contributed by atoms with E-state index in [1.54, 1.807) is 32.2 Å². The first-order valence-electron chi connectivity index (χ1n) is 7.37. The molecule has 0 spiro atoms. The van der Waals surface area contributed by atoms with Crippen LogP contribution in [0.1, 0.15) is 24.5 Å². The van der Waals surface area contributed by atoms with Crippen LogP contribution >= 0.6 is 0 Å². The molecule has 7 heteroatoms. The second-order valence-electron chi connectivity index (χ2n) is 5.22. The first kappa shape index (κ1) is 17.3. The number of hydrogen-bond acceptors (Lipinski definition) is 5. The van der Waals surface area contributed by atoms with Gasteiger partial charge in [0.25, 0.3) is 0 Å². The van der Waals surface area contributed by atoms with E-state index in [0.717, 1.165) is 11.1 Å². The van der Waals surface area contributed by atoms with E-state index in [9.17, 15) is 13.2 Å². The average Bonchev–Trinajstić information content (AvgIpc) is 2.50. The number of esters is 1. The third-order valence-electron chi connectivity index (χ3n) is 3.57. The highest BCUT2D eigenvalue weighted by molar-refractivity contribution is 7.92. The van der Waals surface area contributed by atoms with Crippen molar-refractivity contribution in [3.05, 3.63) is 29.3 Å². The van der Waals surface area contributed by atoms with E-state index in [1.165, 1.54) is 10.6 Å². The molecule has 0 fully saturated rings. The number of aryl methyl sites for hydroxylation is 1.